The van der Waals surface area contributed by atoms with E-state index in [0.29, 0.717) is 11.8 Å². The minimum Gasteiger partial charge on any atom is -0.484 e. The molecule has 2 nitrogen and oxygen atoms in total. The van der Waals surface area contributed by atoms with Crippen LogP contribution in [0.2, 0.25) is 0 Å². The van der Waals surface area contributed by atoms with Gasteiger partial charge in [0.1, 0.15) is 17.4 Å². The number of thioether (sulfide) groups is 1. The second-order valence-electron chi connectivity index (χ2n) is 3.99. The highest BCUT2D eigenvalue weighted by atomic mass is 32.2. The summed E-state index contributed by atoms with van der Waals surface area (Å²) in [6, 6.07) is 10.1. The van der Waals surface area contributed by atoms with Gasteiger partial charge in [0.15, 0.2) is 6.61 Å². The molecule has 2 aromatic rings. The molecule has 0 radical (unpaired) electrons. The second-order valence-corrected chi connectivity index (χ2v) is 4.83. The lowest BCUT2D eigenvalue weighted by atomic mass is 10.1. The van der Waals surface area contributed by atoms with Gasteiger partial charge in [-0.3, -0.25) is 4.79 Å². The van der Waals surface area contributed by atoms with Crippen LogP contribution in [0.1, 0.15) is 10.4 Å². The number of benzene rings is 2. The number of carbonyl (C=O) groups is 1. The molecule has 0 fully saturated rings. The fourth-order valence-corrected chi connectivity index (χ4v) is 2.22. The Kier molecular flexibility index (Phi) is 4.74. The number of ether oxygens (including phenoxy) is 1. The standard InChI is InChI=1S/C15H12F2O2S/c1-20-15-5-3-2-4-14(15)19-9-13(18)11-7-6-10(16)8-12(11)17/h2-8H,9H2,1H3. The van der Waals surface area contributed by atoms with Crippen LogP contribution in [0.25, 0.3) is 0 Å². The van der Waals surface area contributed by atoms with E-state index in [4.69, 9.17) is 4.74 Å². The largest absolute Gasteiger partial charge is 0.484 e. The van der Waals surface area contributed by atoms with Crippen molar-refractivity contribution in [2.75, 3.05) is 12.9 Å². The summed E-state index contributed by atoms with van der Waals surface area (Å²) in [5, 5.41) is 0. The van der Waals surface area contributed by atoms with E-state index in [1.165, 1.54) is 11.8 Å². The van der Waals surface area contributed by atoms with E-state index in [-0.39, 0.29) is 12.2 Å². The Hall–Kier alpha value is -1.88. The Morgan fingerprint density at radius 3 is 2.65 bits per heavy atom. The molecule has 104 valence electrons. The van der Waals surface area contributed by atoms with Crippen molar-refractivity contribution in [3.8, 4) is 5.75 Å². The summed E-state index contributed by atoms with van der Waals surface area (Å²) in [5.41, 5.74) is -0.173. The van der Waals surface area contributed by atoms with Gasteiger partial charge in [0, 0.05) is 11.0 Å². The first-order valence-electron chi connectivity index (χ1n) is 5.86. The quantitative estimate of drug-likeness (QED) is 0.617. The third kappa shape index (κ3) is 3.36. The zero-order chi connectivity index (χ0) is 14.5. The smallest absolute Gasteiger partial charge is 0.203 e. The SMILES string of the molecule is CSc1ccccc1OCC(=O)c1ccc(F)cc1F. The number of ketones is 1. The van der Waals surface area contributed by atoms with Crippen molar-refractivity contribution in [2.45, 2.75) is 4.90 Å². The van der Waals surface area contributed by atoms with Crippen molar-refractivity contribution < 1.29 is 18.3 Å². The summed E-state index contributed by atoms with van der Waals surface area (Å²) in [5.74, 6) is -1.56. The molecular formula is C15H12F2O2S. The zero-order valence-electron chi connectivity index (χ0n) is 10.7. The fourth-order valence-electron chi connectivity index (χ4n) is 1.67. The monoisotopic (exact) mass is 294 g/mol. The lowest BCUT2D eigenvalue weighted by Gasteiger charge is -2.09. The number of Topliss-reactive ketones (excluding diaryl/α,β-unsaturated/α-hetero) is 1. The van der Waals surface area contributed by atoms with Gasteiger partial charge in [-0.25, -0.2) is 8.78 Å². The van der Waals surface area contributed by atoms with Gasteiger partial charge in [-0.1, -0.05) is 12.1 Å². The Morgan fingerprint density at radius 1 is 1.20 bits per heavy atom. The van der Waals surface area contributed by atoms with E-state index in [0.717, 1.165) is 17.0 Å². The lowest BCUT2D eigenvalue weighted by Crippen LogP contribution is -2.13. The van der Waals surface area contributed by atoms with Gasteiger partial charge >= 0.3 is 0 Å². The molecule has 2 aromatic carbocycles. The summed E-state index contributed by atoms with van der Waals surface area (Å²) in [4.78, 5) is 12.7. The predicted molar refractivity (Wildman–Crippen MR) is 74.4 cm³/mol. The summed E-state index contributed by atoms with van der Waals surface area (Å²) in [6.07, 6.45) is 1.89. The highest BCUT2D eigenvalue weighted by Gasteiger charge is 2.14. The van der Waals surface area contributed by atoms with Gasteiger partial charge in [-0.2, -0.15) is 0 Å². The number of hydrogen-bond donors (Lipinski definition) is 0. The maximum Gasteiger partial charge on any atom is 0.203 e. The maximum absolute atomic E-state index is 13.5. The van der Waals surface area contributed by atoms with Crippen LogP contribution in [0.4, 0.5) is 8.78 Å². The molecule has 0 spiro atoms. The molecule has 0 N–H and O–H groups in total. The predicted octanol–water partition coefficient (Wildman–Crippen LogP) is 3.95. The molecule has 0 aliphatic carbocycles. The summed E-state index contributed by atoms with van der Waals surface area (Å²) in [7, 11) is 0. The Balaban J connectivity index is 2.09. The van der Waals surface area contributed by atoms with Crippen molar-refractivity contribution in [3.05, 3.63) is 59.7 Å². The summed E-state index contributed by atoms with van der Waals surface area (Å²) >= 11 is 1.49. The van der Waals surface area contributed by atoms with Crippen molar-refractivity contribution in [2.24, 2.45) is 0 Å². The normalized spacial score (nSPS) is 10.3. The number of para-hydroxylation sites is 1. The van der Waals surface area contributed by atoms with Crippen LogP contribution >= 0.6 is 11.8 Å². The molecule has 0 unspecified atom stereocenters. The van der Waals surface area contributed by atoms with E-state index in [2.05, 4.69) is 0 Å². The van der Waals surface area contributed by atoms with Gasteiger partial charge in [0.05, 0.1) is 5.56 Å². The van der Waals surface area contributed by atoms with Crippen molar-refractivity contribution in [3.63, 3.8) is 0 Å². The van der Waals surface area contributed by atoms with Gasteiger partial charge < -0.3 is 4.74 Å². The first-order chi connectivity index (χ1) is 9.61. The van der Waals surface area contributed by atoms with Crippen molar-refractivity contribution >= 4 is 17.5 Å². The number of halogens is 2. The molecule has 20 heavy (non-hydrogen) atoms. The number of hydrogen-bond acceptors (Lipinski definition) is 3. The molecule has 0 saturated heterocycles. The van der Waals surface area contributed by atoms with Crippen LogP contribution in [-0.2, 0) is 0 Å². The highest BCUT2D eigenvalue weighted by molar-refractivity contribution is 7.98. The van der Waals surface area contributed by atoms with Crippen LogP contribution in [0.3, 0.4) is 0 Å². The second kappa shape index (κ2) is 6.52. The molecule has 2 rings (SSSR count). The summed E-state index contributed by atoms with van der Waals surface area (Å²) in [6.45, 7) is -0.292. The highest BCUT2D eigenvalue weighted by Crippen LogP contribution is 2.27. The first-order valence-corrected chi connectivity index (χ1v) is 7.08. The van der Waals surface area contributed by atoms with Crippen LogP contribution in [0, 0.1) is 11.6 Å². The molecule has 0 atom stereocenters. The van der Waals surface area contributed by atoms with Crippen LogP contribution in [0.15, 0.2) is 47.4 Å². The lowest BCUT2D eigenvalue weighted by molar-refractivity contribution is 0.0915. The fraction of sp³-hybridized carbons (Fsp3) is 0.133. The minimum atomic E-state index is -0.878. The molecular weight excluding hydrogens is 282 g/mol. The van der Waals surface area contributed by atoms with Crippen molar-refractivity contribution in [1.29, 1.82) is 0 Å². The van der Waals surface area contributed by atoms with E-state index >= 15 is 0 Å². The Morgan fingerprint density at radius 2 is 1.95 bits per heavy atom. The maximum atomic E-state index is 13.5. The van der Waals surface area contributed by atoms with Gasteiger partial charge in [0.25, 0.3) is 0 Å². The van der Waals surface area contributed by atoms with Gasteiger partial charge in [0.2, 0.25) is 5.78 Å². The minimum absolute atomic E-state index is 0.173. The molecule has 0 amide bonds. The van der Waals surface area contributed by atoms with Crippen LogP contribution < -0.4 is 4.74 Å². The molecule has 0 heterocycles. The molecule has 0 aliphatic rings. The van der Waals surface area contributed by atoms with E-state index < -0.39 is 17.4 Å². The van der Waals surface area contributed by atoms with E-state index in [1.54, 1.807) is 12.1 Å². The van der Waals surface area contributed by atoms with Gasteiger partial charge in [-0.15, -0.1) is 11.8 Å². The van der Waals surface area contributed by atoms with Crippen molar-refractivity contribution in [1.82, 2.24) is 0 Å². The average Bonchev–Trinajstić information content (AvgIpc) is 2.45. The topological polar surface area (TPSA) is 26.3 Å². The molecule has 0 bridgehead atoms. The first kappa shape index (κ1) is 14.5. The number of rotatable bonds is 5. The van der Waals surface area contributed by atoms with E-state index in [1.807, 2.05) is 18.4 Å². The third-order valence-corrected chi connectivity index (χ3v) is 3.44. The number of carbonyl (C=O) groups excluding carboxylic acids is 1. The molecule has 0 aliphatic heterocycles. The van der Waals surface area contributed by atoms with E-state index in [9.17, 15) is 13.6 Å². The third-order valence-electron chi connectivity index (χ3n) is 2.66. The van der Waals surface area contributed by atoms with Crippen LogP contribution in [-0.4, -0.2) is 18.6 Å². The summed E-state index contributed by atoms with van der Waals surface area (Å²) < 4.78 is 31.6. The van der Waals surface area contributed by atoms with Crippen LogP contribution in [0.5, 0.6) is 5.75 Å². The average molecular weight is 294 g/mol. The zero-order valence-corrected chi connectivity index (χ0v) is 11.5. The molecule has 0 aromatic heterocycles. The Bertz CT molecular complexity index is 629. The Labute approximate surface area is 119 Å². The van der Waals surface area contributed by atoms with Gasteiger partial charge in [-0.05, 0) is 30.5 Å². The molecule has 0 saturated carbocycles. The molecule has 5 heteroatoms.